The van der Waals surface area contributed by atoms with Crippen molar-refractivity contribution in [2.75, 3.05) is 13.2 Å². The first-order valence-electron chi connectivity index (χ1n) is 10.9. The Balaban J connectivity index is 1.76. The number of carbonyl (C=O) groups excluding carboxylic acids is 1. The molecule has 0 unspecified atom stereocenters. The van der Waals surface area contributed by atoms with Crippen LogP contribution in [-0.4, -0.2) is 42.7 Å². The lowest BCUT2D eigenvalue weighted by Crippen LogP contribution is -2.41. The molecule has 1 heterocycles. The van der Waals surface area contributed by atoms with Crippen molar-refractivity contribution in [3.63, 3.8) is 0 Å². The second kappa shape index (κ2) is 10.3. The van der Waals surface area contributed by atoms with E-state index in [2.05, 4.69) is 5.32 Å². The molecule has 0 bridgehead atoms. The Morgan fingerprint density at radius 1 is 1.03 bits per heavy atom. The van der Waals surface area contributed by atoms with Gasteiger partial charge in [-0.2, -0.15) is 0 Å². The number of alkyl carbamates (subject to hydrolysis) is 1. The van der Waals surface area contributed by atoms with Gasteiger partial charge in [0, 0.05) is 13.2 Å². The van der Waals surface area contributed by atoms with E-state index >= 15 is 0 Å². The van der Waals surface area contributed by atoms with E-state index in [4.69, 9.17) is 14.0 Å². The lowest BCUT2D eigenvalue weighted by atomic mass is 9.76. The van der Waals surface area contributed by atoms with Crippen molar-refractivity contribution in [1.82, 2.24) is 5.32 Å². The van der Waals surface area contributed by atoms with Gasteiger partial charge in [0.25, 0.3) is 0 Å². The molecule has 1 aliphatic rings. The van der Waals surface area contributed by atoms with Crippen LogP contribution in [0.15, 0.2) is 60.1 Å². The fourth-order valence-corrected chi connectivity index (χ4v) is 3.37. The maximum Gasteiger partial charge on any atom is 0.492 e. The first-order valence-corrected chi connectivity index (χ1v) is 10.9. The molecule has 1 saturated heterocycles. The van der Waals surface area contributed by atoms with Gasteiger partial charge in [0.05, 0.1) is 11.2 Å². The summed E-state index contributed by atoms with van der Waals surface area (Å²) in [6.07, 6.45) is 1.99. The molecule has 1 aliphatic heterocycles. The standard InChI is InChI=1S/C25H32BNO5/c1-24(2)25(3,4)32-26(31-24)22(16-21-13-9-8-12-20(21)14-15-28)17-27-23(29)30-18-19-10-6-5-7-11-19/h5-13,16,28H,14-15,17-18H2,1-4H3,(H,27,29). The zero-order valence-electron chi connectivity index (χ0n) is 19.3. The van der Waals surface area contributed by atoms with E-state index < -0.39 is 24.4 Å². The Kier molecular flexibility index (Phi) is 7.77. The Morgan fingerprint density at radius 3 is 2.31 bits per heavy atom. The van der Waals surface area contributed by atoms with E-state index in [1.165, 1.54) is 0 Å². The molecule has 170 valence electrons. The van der Waals surface area contributed by atoms with Crippen LogP contribution in [0.4, 0.5) is 4.79 Å². The minimum Gasteiger partial charge on any atom is -0.445 e. The lowest BCUT2D eigenvalue weighted by molar-refractivity contribution is 0.00578. The van der Waals surface area contributed by atoms with Crippen LogP contribution in [0.2, 0.25) is 0 Å². The van der Waals surface area contributed by atoms with E-state index in [0.717, 1.165) is 22.2 Å². The highest BCUT2D eigenvalue weighted by molar-refractivity contribution is 6.56. The van der Waals surface area contributed by atoms with Crippen molar-refractivity contribution in [3.05, 3.63) is 76.8 Å². The summed E-state index contributed by atoms with van der Waals surface area (Å²) in [6.45, 7) is 8.43. The van der Waals surface area contributed by atoms with E-state index in [1.54, 1.807) is 0 Å². The molecule has 7 heteroatoms. The molecule has 0 atom stereocenters. The monoisotopic (exact) mass is 437 g/mol. The molecule has 0 spiro atoms. The third-order valence-electron chi connectivity index (χ3n) is 5.98. The highest BCUT2D eigenvalue weighted by atomic mass is 16.7. The molecular formula is C25H32BNO5. The number of carbonyl (C=O) groups is 1. The molecule has 1 amide bonds. The average molecular weight is 437 g/mol. The Hall–Kier alpha value is -2.61. The molecule has 2 aromatic rings. The van der Waals surface area contributed by atoms with Gasteiger partial charge in [-0.05, 0) is 56.3 Å². The number of aliphatic hydroxyl groups is 1. The topological polar surface area (TPSA) is 77.0 Å². The van der Waals surface area contributed by atoms with Crippen molar-refractivity contribution in [1.29, 1.82) is 0 Å². The van der Waals surface area contributed by atoms with Crippen LogP contribution >= 0.6 is 0 Å². The summed E-state index contributed by atoms with van der Waals surface area (Å²) < 4.78 is 17.8. The van der Waals surface area contributed by atoms with Gasteiger partial charge in [-0.25, -0.2) is 4.79 Å². The van der Waals surface area contributed by atoms with Gasteiger partial charge in [-0.15, -0.1) is 0 Å². The minimum atomic E-state index is -0.614. The predicted octanol–water partition coefficient (Wildman–Crippen LogP) is 4.16. The van der Waals surface area contributed by atoms with Crippen molar-refractivity contribution < 1.29 is 23.9 Å². The third-order valence-corrected chi connectivity index (χ3v) is 5.98. The van der Waals surface area contributed by atoms with Gasteiger partial charge in [-0.1, -0.05) is 60.7 Å². The largest absolute Gasteiger partial charge is 0.492 e. The Morgan fingerprint density at radius 2 is 1.66 bits per heavy atom. The summed E-state index contributed by atoms with van der Waals surface area (Å²) in [4.78, 5) is 12.3. The van der Waals surface area contributed by atoms with Crippen LogP contribution in [0.3, 0.4) is 0 Å². The van der Waals surface area contributed by atoms with Gasteiger partial charge in [0.15, 0.2) is 0 Å². The molecule has 0 aromatic heterocycles. The maximum absolute atomic E-state index is 12.3. The molecule has 3 rings (SSSR count). The number of hydrogen-bond acceptors (Lipinski definition) is 5. The number of ether oxygens (including phenoxy) is 1. The summed E-state index contributed by atoms with van der Waals surface area (Å²) in [7, 11) is -0.614. The Labute approximate surface area is 190 Å². The van der Waals surface area contributed by atoms with Crippen molar-refractivity contribution in [3.8, 4) is 0 Å². The minimum absolute atomic E-state index is 0.0563. The van der Waals surface area contributed by atoms with Gasteiger partial charge in [-0.3, -0.25) is 0 Å². The van der Waals surface area contributed by atoms with E-state index in [9.17, 15) is 9.90 Å². The lowest BCUT2D eigenvalue weighted by Gasteiger charge is -2.32. The first kappa shape index (κ1) is 24.0. The second-order valence-corrected chi connectivity index (χ2v) is 8.90. The second-order valence-electron chi connectivity index (χ2n) is 8.90. The van der Waals surface area contributed by atoms with Crippen LogP contribution in [0, 0.1) is 0 Å². The molecule has 0 radical (unpaired) electrons. The SMILES string of the molecule is CC1(C)OB(C(=Cc2ccccc2CCO)CNC(=O)OCc2ccccc2)OC1(C)C. The molecule has 32 heavy (non-hydrogen) atoms. The number of hydrogen-bond donors (Lipinski definition) is 2. The van der Waals surface area contributed by atoms with Gasteiger partial charge >= 0.3 is 13.2 Å². The predicted molar refractivity (Wildman–Crippen MR) is 126 cm³/mol. The van der Waals surface area contributed by atoms with Crippen molar-refractivity contribution >= 4 is 19.3 Å². The quantitative estimate of drug-likeness (QED) is 0.607. The maximum atomic E-state index is 12.3. The molecule has 0 aliphatic carbocycles. The highest BCUT2D eigenvalue weighted by Gasteiger charge is 2.52. The number of benzene rings is 2. The molecule has 2 N–H and O–H groups in total. The Bertz CT molecular complexity index is 926. The van der Waals surface area contributed by atoms with Gasteiger partial charge in [0.1, 0.15) is 6.61 Å². The van der Waals surface area contributed by atoms with E-state index in [-0.39, 0.29) is 19.8 Å². The summed E-state index contributed by atoms with van der Waals surface area (Å²) >= 11 is 0. The van der Waals surface area contributed by atoms with E-state index in [0.29, 0.717) is 6.42 Å². The van der Waals surface area contributed by atoms with Crippen molar-refractivity contribution in [2.24, 2.45) is 0 Å². The summed E-state index contributed by atoms with van der Waals surface area (Å²) in [5.74, 6) is 0. The zero-order chi connectivity index (χ0) is 23.2. The normalized spacial score (nSPS) is 17.3. The van der Waals surface area contributed by atoms with Gasteiger partial charge in [0.2, 0.25) is 0 Å². The summed E-state index contributed by atoms with van der Waals surface area (Å²) in [5, 5.41) is 12.2. The number of aliphatic hydroxyl groups excluding tert-OH is 1. The van der Waals surface area contributed by atoms with Crippen molar-refractivity contribution in [2.45, 2.75) is 51.9 Å². The number of rotatable bonds is 8. The van der Waals surface area contributed by atoms with Crippen LogP contribution < -0.4 is 5.32 Å². The smallest absolute Gasteiger partial charge is 0.445 e. The molecular weight excluding hydrogens is 405 g/mol. The number of amides is 1. The van der Waals surface area contributed by atoms with Crippen LogP contribution in [0.25, 0.3) is 6.08 Å². The molecule has 1 fully saturated rings. The first-order chi connectivity index (χ1) is 15.2. The molecule has 0 saturated carbocycles. The van der Waals surface area contributed by atoms with Crippen LogP contribution in [0.1, 0.15) is 44.4 Å². The summed E-state index contributed by atoms with van der Waals surface area (Å²) in [5.41, 5.74) is 2.64. The fraction of sp³-hybridized carbons (Fsp3) is 0.400. The van der Waals surface area contributed by atoms with E-state index in [1.807, 2.05) is 88.4 Å². The van der Waals surface area contributed by atoms with Gasteiger partial charge < -0.3 is 24.5 Å². The zero-order valence-corrected chi connectivity index (χ0v) is 19.3. The average Bonchev–Trinajstić information content (AvgIpc) is 2.98. The fourth-order valence-electron chi connectivity index (χ4n) is 3.37. The van der Waals surface area contributed by atoms with Crippen LogP contribution in [-0.2, 0) is 27.1 Å². The number of nitrogens with one attached hydrogen (secondary N) is 1. The summed E-state index contributed by atoms with van der Waals surface area (Å²) in [6, 6.07) is 17.4. The molecule has 6 nitrogen and oxygen atoms in total. The van der Waals surface area contributed by atoms with Crippen LogP contribution in [0.5, 0.6) is 0 Å². The molecule has 2 aromatic carbocycles. The highest BCUT2D eigenvalue weighted by Crippen LogP contribution is 2.38. The third kappa shape index (κ3) is 6.00.